The smallest absolute Gasteiger partial charge is 0.408 e. The third kappa shape index (κ3) is 9.26. The van der Waals surface area contributed by atoms with Gasteiger partial charge in [-0.2, -0.15) is 0 Å². The summed E-state index contributed by atoms with van der Waals surface area (Å²) in [5.74, 6) is -1.29. The van der Waals surface area contributed by atoms with Crippen molar-refractivity contribution in [1.29, 1.82) is 0 Å². The number of carbonyl (C=O) groups excluding carboxylic acids is 4. The molecule has 0 saturated heterocycles. The second kappa shape index (κ2) is 13.4. The minimum absolute atomic E-state index is 0.0405. The Morgan fingerprint density at radius 3 is 2.56 bits per heavy atom. The number of anilines is 1. The number of alkyl carbamates (subject to hydrolysis) is 1. The van der Waals surface area contributed by atoms with Crippen LogP contribution in [0.2, 0.25) is 0 Å². The first-order valence-corrected chi connectivity index (χ1v) is 12.7. The maximum atomic E-state index is 12.9. The monoisotopic (exact) mass is 528 g/mol. The Morgan fingerprint density at radius 2 is 1.92 bits per heavy atom. The lowest BCUT2D eigenvalue weighted by Gasteiger charge is -2.37. The standard InChI is InChI=1S/C23H36N4O8S/c1-7-17(28)34-14-36-21-25-20(30)19-16(27(21)10-11-32-15(2)3)8-9-26(19)13-33-18(29)12-24-22(31)35-23(4,5)6/h8-9,15,21H,7,10-14H2,1-6H3,(H,24,31)(H,25,30). The van der Waals surface area contributed by atoms with E-state index in [9.17, 15) is 19.2 Å². The van der Waals surface area contributed by atoms with Crippen molar-refractivity contribution in [2.75, 3.05) is 30.5 Å². The molecule has 1 aromatic heterocycles. The van der Waals surface area contributed by atoms with Crippen LogP contribution in [-0.2, 0) is 35.3 Å². The Labute approximate surface area is 215 Å². The normalized spacial score (nSPS) is 15.2. The van der Waals surface area contributed by atoms with Crippen LogP contribution in [0.15, 0.2) is 12.3 Å². The number of rotatable bonds is 12. The van der Waals surface area contributed by atoms with Crippen molar-refractivity contribution in [1.82, 2.24) is 15.2 Å². The minimum Gasteiger partial charge on any atom is -0.454 e. The molecular weight excluding hydrogens is 492 g/mol. The lowest BCUT2D eigenvalue weighted by atomic mass is 10.2. The van der Waals surface area contributed by atoms with Gasteiger partial charge in [-0.3, -0.25) is 14.4 Å². The van der Waals surface area contributed by atoms with Gasteiger partial charge in [-0.1, -0.05) is 18.7 Å². The van der Waals surface area contributed by atoms with E-state index in [1.807, 2.05) is 18.7 Å². The average molecular weight is 529 g/mol. The molecule has 12 nitrogen and oxygen atoms in total. The van der Waals surface area contributed by atoms with Gasteiger partial charge in [0.2, 0.25) is 0 Å². The predicted octanol–water partition coefficient (Wildman–Crippen LogP) is 2.42. The van der Waals surface area contributed by atoms with Gasteiger partial charge in [0, 0.05) is 19.2 Å². The average Bonchev–Trinajstić information content (AvgIpc) is 3.21. The molecule has 0 bridgehead atoms. The zero-order chi connectivity index (χ0) is 26.9. The fraction of sp³-hybridized carbons (Fsp3) is 0.652. The fourth-order valence-corrected chi connectivity index (χ4v) is 4.02. The molecule has 1 unspecified atom stereocenters. The van der Waals surface area contributed by atoms with E-state index in [4.69, 9.17) is 18.9 Å². The SMILES string of the molecule is CCC(=O)OCSC1NC(=O)c2c(ccn2COC(=O)CNC(=O)OC(C)(C)C)N1CCOC(C)C. The fourth-order valence-electron chi connectivity index (χ4n) is 3.11. The number of hydrogen-bond donors (Lipinski definition) is 2. The number of amides is 2. The predicted molar refractivity (Wildman–Crippen MR) is 133 cm³/mol. The lowest BCUT2D eigenvalue weighted by Crippen LogP contribution is -2.52. The Bertz CT molecular complexity index is 928. The van der Waals surface area contributed by atoms with Gasteiger partial charge >= 0.3 is 18.0 Å². The third-order valence-electron chi connectivity index (χ3n) is 4.66. The van der Waals surface area contributed by atoms with Gasteiger partial charge < -0.3 is 39.0 Å². The summed E-state index contributed by atoms with van der Waals surface area (Å²) in [5.41, 5.74) is -0.226. The van der Waals surface area contributed by atoms with E-state index in [1.165, 1.54) is 16.3 Å². The molecule has 0 fully saturated rings. The van der Waals surface area contributed by atoms with Crippen LogP contribution in [0.25, 0.3) is 0 Å². The molecule has 2 heterocycles. The summed E-state index contributed by atoms with van der Waals surface area (Å²) >= 11 is 1.26. The highest BCUT2D eigenvalue weighted by Gasteiger charge is 2.34. The summed E-state index contributed by atoms with van der Waals surface area (Å²) in [6.07, 6.45) is 1.21. The number of nitrogens with one attached hydrogen (secondary N) is 2. The Hall–Kier alpha value is -2.93. The molecule has 202 valence electrons. The van der Waals surface area contributed by atoms with E-state index in [2.05, 4.69) is 10.6 Å². The van der Waals surface area contributed by atoms with E-state index in [0.717, 1.165) is 0 Å². The number of carbonyl (C=O) groups is 4. The molecule has 1 aliphatic heterocycles. The summed E-state index contributed by atoms with van der Waals surface area (Å²) in [4.78, 5) is 50.2. The molecule has 0 spiro atoms. The van der Waals surface area contributed by atoms with Gasteiger partial charge in [0.25, 0.3) is 5.91 Å². The number of aromatic nitrogens is 1. The summed E-state index contributed by atoms with van der Waals surface area (Å²) in [7, 11) is 0. The highest BCUT2D eigenvalue weighted by molar-refractivity contribution is 7.99. The maximum absolute atomic E-state index is 12.9. The number of ether oxygens (including phenoxy) is 4. The summed E-state index contributed by atoms with van der Waals surface area (Å²) in [6.45, 7) is 11.0. The van der Waals surface area contributed by atoms with E-state index < -0.39 is 23.2 Å². The Kier molecular flexibility index (Phi) is 10.9. The molecule has 2 amide bonds. The van der Waals surface area contributed by atoms with Gasteiger partial charge in [0.1, 0.15) is 23.8 Å². The zero-order valence-corrected chi connectivity index (χ0v) is 22.4. The van der Waals surface area contributed by atoms with Crippen molar-refractivity contribution < 1.29 is 38.1 Å². The van der Waals surface area contributed by atoms with Crippen molar-refractivity contribution in [3.63, 3.8) is 0 Å². The Balaban J connectivity index is 2.04. The largest absolute Gasteiger partial charge is 0.454 e. The highest BCUT2D eigenvalue weighted by atomic mass is 32.2. The van der Waals surface area contributed by atoms with E-state index >= 15 is 0 Å². The first-order valence-electron chi connectivity index (χ1n) is 11.7. The van der Waals surface area contributed by atoms with Crippen LogP contribution in [0.5, 0.6) is 0 Å². The first-order chi connectivity index (χ1) is 16.9. The van der Waals surface area contributed by atoms with Crippen molar-refractivity contribution in [2.24, 2.45) is 0 Å². The van der Waals surface area contributed by atoms with Crippen LogP contribution in [-0.4, -0.2) is 71.3 Å². The summed E-state index contributed by atoms with van der Waals surface area (Å²) < 4.78 is 22.7. The van der Waals surface area contributed by atoms with Gasteiger partial charge in [-0.05, 0) is 40.7 Å². The van der Waals surface area contributed by atoms with Gasteiger partial charge in [0.05, 0.1) is 18.4 Å². The number of nitrogens with zero attached hydrogens (tertiary/aromatic N) is 2. The molecule has 0 radical (unpaired) electrons. The topological polar surface area (TPSA) is 137 Å². The quantitative estimate of drug-likeness (QED) is 0.236. The summed E-state index contributed by atoms with van der Waals surface area (Å²) in [6, 6.07) is 1.75. The molecular formula is C23H36N4O8S. The molecule has 13 heteroatoms. The van der Waals surface area contributed by atoms with Crippen LogP contribution in [0.1, 0.15) is 58.5 Å². The van der Waals surface area contributed by atoms with Crippen LogP contribution in [0, 0.1) is 0 Å². The first kappa shape index (κ1) is 29.3. The van der Waals surface area contributed by atoms with E-state index in [1.54, 1.807) is 40.0 Å². The number of esters is 2. The van der Waals surface area contributed by atoms with Crippen LogP contribution in [0.3, 0.4) is 0 Å². The van der Waals surface area contributed by atoms with Gasteiger partial charge in [-0.25, -0.2) is 4.79 Å². The zero-order valence-electron chi connectivity index (χ0n) is 21.6. The molecule has 36 heavy (non-hydrogen) atoms. The van der Waals surface area contributed by atoms with Gasteiger partial charge in [0.15, 0.2) is 12.2 Å². The molecule has 0 saturated carbocycles. The van der Waals surface area contributed by atoms with Crippen molar-refractivity contribution in [2.45, 2.75) is 71.9 Å². The molecule has 1 aliphatic rings. The second-order valence-corrected chi connectivity index (χ2v) is 10.1. The molecule has 0 aliphatic carbocycles. The Morgan fingerprint density at radius 1 is 1.19 bits per heavy atom. The molecule has 0 aromatic carbocycles. The lowest BCUT2D eigenvalue weighted by molar-refractivity contribution is -0.146. The number of fused-ring (bicyclic) bond motifs is 1. The second-order valence-electron chi connectivity index (χ2n) is 9.11. The van der Waals surface area contributed by atoms with E-state index in [0.29, 0.717) is 24.5 Å². The minimum atomic E-state index is -0.732. The molecule has 1 atom stereocenters. The molecule has 1 aromatic rings. The van der Waals surface area contributed by atoms with Crippen LogP contribution < -0.4 is 15.5 Å². The maximum Gasteiger partial charge on any atom is 0.408 e. The highest BCUT2D eigenvalue weighted by Crippen LogP contribution is 2.31. The van der Waals surface area contributed by atoms with Crippen molar-refractivity contribution >= 4 is 41.4 Å². The van der Waals surface area contributed by atoms with Crippen LogP contribution >= 0.6 is 11.8 Å². The van der Waals surface area contributed by atoms with Crippen LogP contribution in [0.4, 0.5) is 10.5 Å². The van der Waals surface area contributed by atoms with Crippen molar-refractivity contribution in [3.05, 3.63) is 18.0 Å². The van der Waals surface area contributed by atoms with Gasteiger partial charge in [-0.15, -0.1) is 0 Å². The number of thioether (sulfide) groups is 1. The molecule has 2 N–H and O–H groups in total. The number of hydrogen-bond acceptors (Lipinski definition) is 10. The van der Waals surface area contributed by atoms with Crippen molar-refractivity contribution in [3.8, 4) is 0 Å². The summed E-state index contributed by atoms with van der Waals surface area (Å²) in [5, 5.41) is 5.23. The third-order valence-corrected chi connectivity index (χ3v) is 5.60. The molecule has 2 rings (SSSR count). The van der Waals surface area contributed by atoms with E-state index in [-0.39, 0.29) is 43.6 Å².